The molecule has 1 aliphatic heterocycles. The van der Waals surface area contributed by atoms with E-state index >= 15 is 0 Å². The summed E-state index contributed by atoms with van der Waals surface area (Å²) in [7, 11) is -7.65. The van der Waals surface area contributed by atoms with Gasteiger partial charge in [-0.15, -0.1) is 0 Å². The van der Waals surface area contributed by atoms with Crippen LogP contribution in [-0.2, 0) is 24.8 Å². The van der Waals surface area contributed by atoms with Gasteiger partial charge in [-0.1, -0.05) is 6.07 Å². The van der Waals surface area contributed by atoms with Gasteiger partial charge in [0.05, 0.1) is 16.8 Å². The number of carbonyl (C=O) groups is 1. The van der Waals surface area contributed by atoms with Crippen molar-refractivity contribution >= 4 is 31.6 Å². The highest BCUT2D eigenvalue weighted by atomic mass is 32.2. The van der Waals surface area contributed by atoms with Crippen LogP contribution in [0.1, 0.15) is 6.92 Å². The number of hydrogen-bond acceptors (Lipinski definition) is 6. The third-order valence-corrected chi connectivity index (χ3v) is 5.62. The molecule has 0 bridgehead atoms. The minimum absolute atomic E-state index is 0.0724. The molecule has 9 nitrogen and oxygen atoms in total. The minimum Gasteiger partial charge on any atom is -0.340 e. The fourth-order valence-electron chi connectivity index (χ4n) is 2.54. The van der Waals surface area contributed by atoms with Gasteiger partial charge in [-0.3, -0.25) is 4.79 Å². The van der Waals surface area contributed by atoms with Crippen molar-refractivity contribution in [2.45, 2.75) is 11.8 Å². The zero-order chi connectivity index (χ0) is 18.1. The topological polar surface area (TPSA) is 121 Å². The zero-order valence-electron chi connectivity index (χ0n) is 13.4. The molecule has 1 aromatic rings. The van der Waals surface area contributed by atoms with E-state index in [9.17, 15) is 21.6 Å². The molecule has 1 heterocycles. The number of hydrazine groups is 1. The Balaban J connectivity index is 2.37. The van der Waals surface area contributed by atoms with E-state index in [0.717, 1.165) is 10.7 Å². The molecule has 1 fully saturated rings. The van der Waals surface area contributed by atoms with Crippen LogP contribution in [0.25, 0.3) is 0 Å². The number of piperazine rings is 1. The maximum Gasteiger partial charge on any atom is 0.245 e. The monoisotopic (exact) mass is 376 g/mol. The van der Waals surface area contributed by atoms with Gasteiger partial charge in [0.15, 0.2) is 0 Å². The molecule has 2 rings (SSSR count). The minimum atomic E-state index is -3.95. The van der Waals surface area contributed by atoms with Crippen molar-refractivity contribution in [3.05, 3.63) is 24.3 Å². The molecule has 1 saturated heterocycles. The second-order valence-corrected chi connectivity index (χ2v) is 8.88. The summed E-state index contributed by atoms with van der Waals surface area (Å²) in [6, 6.07) is 5.44. The van der Waals surface area contributed by atoms with Crippen LogP contribution in [0.4, 0.5) is 5.69 Å². The normalized spacial score (nSPS) is 16.9. The number of sulfonamides is 2. The fourth-order valence-corrected chi connectivity index (χ4v) is 4.17. The van der Waals surface area contributed by atoms with Gasteiger partial charge in [-0.05, 0) is 18.2 Å². The largest absolute Gasteiger partial charge is 0.340 e. The first-order valence-corrected chi connectivity index (χ1v) is 10.5. The molecule has 11 heteroatoms. The molecule has 1 aliphatic rings. The summed E-state index contributed by atoms with van der Waals surface area (Å²) in [5.74, 6) is -0.0724. The summed E-state index contributed by atoms with van der Waals surface area (Å²) < 4.78 is 48.5. The summed E-state index contributed by atoms with van der Waals surface area (Å²) >= 11 is 0. The van der Waals surface area contributed by atoms with Crippen molar-refractivity contribution in [1.29, 1.82) is 0 Å². The van der Waals surface area contributed by atoms with Crippen LogP contribution >= 0.6 is 0 Å². The summed E-state index contributed by atoms with van der Waals surface area (Å²) in [6.07, 6.45) is 1.04. The third-order valence-electron chi connectivity index (χ3n) is 3.64. The number of benzene rings is 1. The SMILES string of the molecule is CC(=O)N1CCN(N(c2cccc(S(N)(=O)=O)c2)S(C)(=O)=O)CC1. The van der Waals surface area contributed by atoms with E-state index < -0.39 is 20.0 Å². The molecule has 1 aromatic carbocycles. The van der Waals surface area contributed by atoms with Crippen LogP contribution < -0.4 is 9.55 Å². The number of nitrogens with zero attached hydrogens (tertiary/aromatic N) is 3. The van der Waals surface area contributed by atoms with Crippen molar-refractivity contribution < 1.29 is 21.6 Å². The summed E-state index contributed by atoms with van der Waals surface area (Å²) in [6.45, 7) is 2.85. The number of amides is 1. The van der Waals surface area contributed by atoms with Crippen molar-refractivity contribution in [3.63, 3.8) is 0 Å². The quantitative estimate of drug-likeness (QED) is 0.733. The molecular weight excluding hydrogens is 356 g/mol. The Kier molecular flexibility index (Phi) is 5.18. The highest BCUT2D eigenvalue weighted by Gasteiger charge is 2.29. The van der Waals surface area contributed by atoms with Gasteiger partial charge in [-0.25, -0.2) is 31.4 Å². The Morgan fingerprint density at radius 1 is 1.12 bits per heavy atom. The lowest BCUT2D eigenvalue weighted by Crippen LogP contribution is -2.56. The lowest BCUT2D eigenvalue weighted by atomic mass is 10.3. The number of nitrogens with two attached hydrogens (primary N) is 1. The molecule has 1 amide bonds. The van der Waals surface area contributed by atoms with Crippen molar-refractivity contribution in [2.24, 2.45) is 5.14 Å². The van der Waals surface area contributed by atoms with Crippen LogP contribution in [0, 0.1) is 0 Å². The number of rotatable bonds is 4. The Morgan fingerprint density at radius 3 is 2.17 bits per heavy atom. The van der Waals surface area contributed by atoms with E-state index in [4.69, 9.17) is 5.14 Å². The predicted octanol–water partition coefficient (Wildman–Crippen LogP) is -0.821. The fraction of sp³-hybridized carbons (Fsp3) is 0.462. The van der Waals surface area contributed by atoms with Crippen LogP contribution in [-0.4, -0.2) is 65.1 Å². The molecule has 2 N–H and O–H groups in total. The molecule has 0 aromatic heterocycles. The van der Waals surface area contributed by atoms with E-state index in [0.29, 0.717) is 26.2 Å². The van der Waals surface area contributed by atoms with E-state index in [1.807, 2.05) is 0 Å². The molecular formula is C13H20N4O5S2. The number of primary sulfonamides is 1. The summed E-state index contributed by atoms with van der Waals surface area (Å²) in [5, 5.41) is 6.68. The first kappa shape index (κ1) is 18.6. The molecule has 134 valence electrons. The van der Waals surface area contributed by atoms with Crippen molar-refractivity contribution in [2.75, 3.05) is 36.8 Å². The molecule has 0 saturated carbocycles. The Hall–Kier alpha value is -1.69. The third kappa shape index (κ3) is 4.23. The van der Waals surface area contributed by atoms with E-state index in [1.54, 1.807) is 9.91 Å². The molecule has 0 aliphatic carbocycles. The van der Waals surface area contributed by atoms with Crippen molar-refractivity contribution in [3.8, 4) is 0 Å². The summed E-state index contributed by atoms with van der Waals surface area (Å²) in [4.78, 5) is 12.8. The Morgan fingerprint density at radius 2 is 1.71 bits per heavy atom. The predicted molar refractivity (Wildman–Crippen MR) is 89.0 cm³/mol. The van der Waals surface area contributed by atoms with Gasteiger partial charge in [0.2, 0.25) is 26.0 Å². The molecule has 0 spiro atoms. The average molecular weight is 376 g/mol. The average Bonchev–Trinajstić information content (AvgIpc) is 2.46. The molecule has 0 unspecified atom stereocenters. The van der Waals surface area contributed by atoms with E-state index in [1.165, 1.54) is 31.2 Å². The molecule has 24 heavy (non-hydrogen) atoms. The van der Waals surface area contributed by atoms with Crippen molar-refractivity contribution in [1.82, 2.24) is 9.91 Å². The second kappa shape index (κ2) is 6.67. The lowest BCUT2D eigenvalue weighted by Gasteiger charge is -2.40. The van der Waals surface area contributed by atoms with Crippen LogP contribution in [0.2, 0.25) is 0 Å². The van der Waals surface area contributed by atoms with Crippen LogP contribution in [0.3, 0.4) is 0 Å². The van der Waals surface area contributed by atoms with Gasteiger partial charge in [0.1, 0.15) is 0 Å². The zero-order valence-corrected chi connectivity index (χ0v) is 15.0. The highest BCUT2D eigenvalue weighted by molar-refractivity contribution is 7.92. The lowest BCUT2D eigenvalue weighted by molar-refractivity contribution is -0.130. The van der Waals surface area contributed by atoms with Gasteiger partial charge < -0.3 is 4.90 Å². The summed E-state index contributed by atoms with van der Waals surface area (Å²) in [5.41, 5.74) is 0.181. The smallest absolute Gasteiger partial charge is 0.245 e. The highest BCUT2D eigenvalue weighted by Crippen LogP contribution is 2.24. The number of hydrogen-bond donors (Lipinski definition) is 1. The second-order valence-electron chi connectivity index (χ2n) is 5.51. The van der Waals surface area contributed by atoms with Gasteiger partial charge in [0, 0.05) is 33.1 Å². The maximum atomic E-state index is 12.2. The van der Waals surface area contributed by atoms with E-state index in [2.05, 4.69) is 0 Å². The standard InChI is InChI=1S/C13H20N4O5S2/c1-11(18)15-6-8-16(9-7-15)17(23(2,19)20)12-4-3-5-13(10-12)24(14,21)22/h3-5,10H,6-9H2,1-2H3,(H2,14,21,22). The first-order valence-electron chi connectivity index (χ1n) is 7.13. The Labute approximate surface area is 141 Å². The first-order chi connectivity index (χ1) is 11.0. The molecule has 0 radical (unpaired) electrons. The Bertz CT molecular complexity index is 830. The molecule has 0 atom stereocenters. The van der Waals surface area contributed by atoms with Gasteiger partial charge in [-0.2, -0.15) is 0 Å². The number of anilines is 1. The van der Waals surface area contributed by atoms with Crippen LogP contribution in [0.5, 0.6) is 0 Å². The van der Waals surface area contributed by atoms with Gasteiger partial charge >= 0.3 is 0 Å². The maximum absolute atomic E-state index is 12.2. The van der Waals surface area contributed by atoms with Crippen LogP contribution in [0.15, 0.2) is 29.2 Å². The van der Waals surface area contributed by atoms with Gasteiger partial charge in [0.25, 0.3) is 0 Å². The number of carbonyl (C=O) groups excluding carboxylic acids is 1. The van der Waals surface area contributed by atoms with E-state index in [-0.39, 0.29) is 16.5 Å².